The van der Waals surface area contributed by atoms with Crippen LogP contribution in [0.5, 0.6) is 0 Å². The van der Waals surface area contributed by atoms with Gasteiger partial charge in [-0.15, -0.1) is 0 Å². The minimum absolute atomic E-state index is 0.218. The number of ether oxygens (including phenoxy) is 1. The van der Waals surface area contributed by atoms with Gasteiger partial charge in [-0.25, -0.2) is 19.1 Å². The summed E-state index contributed by atoms with van der Waals surface area (Å²) in [5.41, 5.74) is 3.84. The topological polar surface area (TPSA) is 87.5 Å². The van der Waals surface area contributed by atoms with E-state index in [4.69, 9.17) is 19.1 Å². The van der Waals surface area contributed by atoms with Gasteiger partial charge in [0.15, 0.2) is 0 Å². The summed E-state index contributed by atoms with van der Waals surface area (Å²) in [5.74, 6) is 0.696. The summed E-state index contributed by atoms with van der Waals surface area (Å²) < 4.78 is 15.0. The van der Waals surface area contributed by atoms with Crippen LogP contribution in [0.4, 0.5) is 0 Å². The summed E-state index contributed by atoms with van der Waals surface area (Å²) >= 11 is 0. The van der Waals surface area contributed by atoms with Crippen molar-refractivity contribution < 1.29 is 9.15 Å². The van der Waals surface area contributed by atoms with Crippen molar-refractivity contribution in [2.45, 2.75) is 52.2 Å². The van der Waals surface area contributed by atoms with Gasteiger partial charge in [-0.3, -0.25) is 4.79 Å². The zero-order valence-corrected chi connectivity index (χ0v) is 16.0. The van der Waals surface area contributed by atoms with Crippen molar-refractivity contribution in [3.8, 4) is 0 Å². The second-order valence-electron chi connectivity index (χ2n) is 8.14. The first kappa shape index (κ1) is 16.4. The molecule has 1 aliphatic heterocycles. The van der Waals surface area contributed by atoms with E-state index in [1.165, 1.54) is 10.7 Å². The Balaban J connectivity index is 1.99. The largest absolute Gasteiger partial charge is 0.430 e. The van der Waals surface area contributed by atoms with E-state index < -0.39 is 0 Å². The molecule has 0 fully saturated rings. The molecule has 4 aromatic heterocycles. The summed E-state index contributed by atoms with van der Waals surface area (Å²) in [4.78, 5) is 22.4. The molecule has 5 rings (SSSR count). The molecule has 1 aliphatic rings. The third kappa shape index (κ3) is 2.19. The van der Waals surface area contributed by atoms with Crippen molar-refractivity contribution in [2.75, 3.05) is 0 Å². The van der Waals surface area contributed by atoms with E-state index in [2.05, 4.69) is 32.8 Å². The lowest BCUT2D eigenvalue weighted by Gasteiger charge is -2.33. The van der Waals surface area contributed by atoms with E-state index in [0.717, 1.165) is 22.2 Å². The molecule has 5 heterocycles. The number of fused-ring (bicyclic) bond motifs is 6. The maximum Gasteiger partial charge on any atom is 0.304 e. The number of nitrogens with zero attached hydrogens (tertiary/aromatic N) is 5. The number of aromatic nitrogens is 5. The van der Waals surface area contributed by atoms with Gasteiger partial charge in [-0.2, -0.15) is 5.10 Å². The third-order valence-electron chi connectivity index (χ3n) is 5.29. The Hall–Kier alpha value is -2.74. The number of hydrogen-bond acceptors (Lipinski definition) is 6. The molecular weight excluding hydrogens is 346 g/mol. The molecule has 0 saturated heterocycles. The first-order chi connectivity index (χ1) is 12.8. The summed E-state index contributed by atoms with van der Waals surface area (Å²) in [5, 5.41) is 4.95. The van der Waals surface area contributed by atoms with Crippen molar-refractivity contribution >= 4 is 28.0 Å². The minimum Gasteiger partial charge on any atom is -0.430 e. The van der Waals surface area contributed by atoms with Gasteiger partial charge in [0.2, 0.25) is 17.1 Å². The van der Waals surface area contributed by atoms with E-state index in [1.807, 2.05) is 0 Å². The molecule has 4 aromatic rings. The quantitative estimate of drug-likeness (QED) is 0.514. The lowest BCUT2D eigenvalue weighted by molar-refractivity contribution is -0.0402. The standard InChI is InChI=1S/C19H21N5O3/c1-9(2)13-11-7-26-19(3,4)6-10(11)12-14-15(27-16(12)21-13)17(25)24-8-20-23(5)18(24)22-14/h8-9H,6-7H2,1-5H3. The van der Waals surface area contributed by atoms with Gasteiger partial charge in [0.05, 0.1) is 23.3 Å². The van der Waals surface area contributed by atoms with Gasteiger partial charge in [-0.1, -0.05) is 13.8 Å². The maximum absolute atomic E-state index is 12.9. The highest BCUT2D eigenvalue weighted by Gasteiger charge is 2.33. The second kappa shape index (κ2) is 5.16. The van der Waals surface area contributed by atoms with Gasteiger partial charge >= 0.3 is 5.56 Å². The van der Waals surface area contributed by atoms with Crippen LogP contribution in [0.25, 0.3) is 28.0 Å². The Labute approximate surface area is 154 Å². The molecule has 0 aromatic carbocycles. The molecular formula is C19H21N5O3. The maximum atomic E-state index is 12.9. The van der Waals surface area contributed by atoms with E-state index in [-0.39, 0.29) is 22.7 Å². The van der Waals surface area contributed by atoms with Crippen molar-refractivity contribution in [3.63, 3.8) is 0 Å². The highest BCUT2D eigenvalue weighted by Crippen LogP contribution is 2.39. The molecule has 0 unspecified atom stereocenters. The fourth-order valence-electron chi connectivity index (χ4n) is 3.94. The van der Waals surface area contributed by atoms with Crippen LogP contribution in [0.1, 0.15) is 50.4 Å². The van der Waals surface area contributed by atoms with Crippen LogP contribution in [0.2, 0.25) is 0 Å². The summed E-state index contributed by atoms with van der Waals surface area (Å²) in [6.07, 6.45) is 2.17. The van der Waals surface area contributed by atoms with Crippen molar-refractivity contribution in [1.29, 1.82) is 0 Å². The van der Waals surface area contributed by atoms with Crippen LogP contribution < -0.4 is 5.56 Å². The molecule has 8 nitrogen and oxygen atoms in total. The Morgan fingerprint density at radius 2 is 2.00 bits per heavy atom. The average Bonchev–Trinajstić information content (AvgIpc) is 3.15. The molecule has 0 aliphatic carbocycles. The fraction of sp³-hybridized carbons (Fsp3) is 0.474. The molecule has 0 N–H and O–H groups in total. The van der Waals surface area contributed by atoms with E-state index >= 15 is 0 Å². The Kier molecular flexibility index (Phi) is 3.14. The average molecular weight is 367 g/mol. The molecule has 0 atom stereocenters. The van der Waals surface area contributed by atoms with Gasteiger partial charge < -0.3 is 9.15 Å². The Morgan fingerprint density at radius 1 is 1.22 bits per heavy atom. The normalized spacial score (nSPS) is 16.7. The summed E-state index contributed by atoms with van der Waals surface area (Å²) in [6.45, 7) is 8.84. The SMILES string of the molecule is CC(C)c1nc2oc3c(=O)n4cnn(C)c4nc3c2c2c1COC(C)(C)C2. The monoisotopic (exact) mass is 367 g/mol. The lowest BCUT2D eigenvalue weighted by atomic mass is 9.87. The molecule has 0 spiro atoms. The zero-order chi connectivity index (χ0) is 19.1. The molecule has 140 valence electrons. The van der Waals surface area contributed by atoms with Crippen LogP contribution in [-0.4, -0.2) is 29.8 Å². The van der Waals surface area contributed by atoms with Crippen LogP contribution in [-0.2, 0) is 24.8 Å². The van der Waals surface area contributed by atoms with Crippen LogP contribution >= 0.6 is 0 Å². The number of hydrogen-bond donors (Lipinski definition) is 0. The number of furan rings is 1. The summed E-state index contributed by atoms with van der Waals surface area (Å²) in [7, 11) is 1.76. The smallest absolute Gasteiger partial charge is 0.304 e. The first-order valence-electron chi connectivity index (χ1n) is 9.09. The predicted molar refractivity (Wildman–Crippen MR) is 100.0 cm³/mol. The molecule has 0 saturated carbocycles. The number of pyridine rings is 1. The molecule has 8 heteroatoms. The molecule has 0 radical (unpaired) electrons. The number of rotatable bonds is 1. The second-order valence-corrected chi connectivity index (χ2v) is 8.14. The highest BCUT2D eigenvalue weighted by molar-refractivity contribution is 6.03. The lowest BCUT2D eigenvalue weighted by Crippen LogP contribution is -2.33. The van der Waals surface area contributed by atoms with E-state index in [1.54, 1.807) is 11.7 Å². The van der Waals surface area contributed by atoms with Crippen LogP contribution in [0, 0.1) is 0 Å². The minimum atomic E-state index is -0.301. The fourth-order valence-corrected chi connectivity index (χ4v) is 3.94. The number of aryl methyl sites for hydroxylation is 1. The van der Waals surface area contributed by atoms with Gasteiger partial charge in [0.25, 0.3) is 0 Å². The summed E-state index contributed by atoms with van der Waals surface area (Å²) in [6, 6.07) is 0. The molecule has 0 amide bonds. The van der Waals surface area contributed by atoms with Gasteiger partial charge in [-0.05, 0) is 25.3 Å². The van der Waals surface area contributed by atoms with E-state index in [9.17, 15) is 4.79 Å². The first-order valence-corrected chi connectivity index (χ1v) is 9.09. The van der Waals surface area contributed by atoms with Gasteiger partial charge in [0, 0.05) is 19.0 Å². The Morgan fingerprint density at radius 3 is 2.74 bits per heavy atom. The van der Waals surface area contributed by atoms with Crippen LogP contribution in [0.3, 0.4) is 0 Å². The van der Waals surface area contributed by atoms with Crippen LogP contribution in [0.15, 0.2) is 15.5 Å². The highest BCUT2D eigenvalue weighted by atomic mass is 16.5. The van der Waals surface area contributed by atoms with Crippen molar-refractivity contribution in [3.05, 3.63) is 33.5 Å². The molecule has 0 bridgehead atoms. The van der Waals surface area contributed by atoms with E-state index in [0.29, 0.717) is 30.0 Å². The predicted octanol–water partition coefficient (Wildman–Crippen LogP) is 2.70. The van der Waals surface area contributed by atoms with Gasteiger partial charge in [0.1, 0.15) is 11.8 Å². The molecule has 27 heavy (non-hydrogen) atoms. The zero-order valence-electron chi connectivity index (χ0n) is 16.0. The van der Waals surface area contributed by atoms with Crippen molar-refractivity contribution in [1.82, 2.24) is 24.1 Å². The third-order valence-corrected chi connectivity index (χ3v) is 5.29. The van der Waals surface area contributed by atoms with Crippen molar-refractivity contribution in [2.24, 2.45) is 7.05 Å². The Bertz CT molecular complexity index is 1290.